The van der Waals surface area contributed by atoms with Crippen LogP contribution in [0.15, 0.2) is 60.7 Å². The molecule has 1 unspecified atom stereocenters. The molecule has 0 saturated heterocycles. The average molecular weight is 426 g/mol. The van der Waals surface area contributed by atoms with E-state index in [1.165, 1.54) is 0 Å². The number of nitrogens with one attached hydrogen (secondary N) is 2. The molecule has 2 aromatic rings. The first-order valence-electron chi connectivity index (χ1n) is 11.2. The molecule has 170 valence electrons. The second-order valence-electron chi connectivity index (χ2n) is 9.71. The van der Waals surface area contributed by atoms with Crippen molar-refractivity contribution in [1.29, 1.82) is 0 Å². The topological polar surface area (TPSA) is 64.6 Å². The SMILES string of the molecule is CC(C)CN(C[C@@H](O)C(Cc1ccccc1)NCc1ccccc1)C(=O)NC(C)(C)C. The van der Waals surface area contributed by atoms with Gasteiger partial charge in [0.05, 0.1) is 6.10 Å². The third-order valence-electron chi connectivity index (χ3n) is 4.94. The third kappa shape index (κ3) is 9.53. The van der Waals surface area contributed by atoms with E-state index in [9.17, 15) is 9.90 Å². The smallest absolute Gasteiger partial charge is 0.317 e. The Hall–Kier alpha value is -2.37. The lowest BCUT2D eigenvalue weighted by atomic mass is 10.00. The Morgan fingerprint density at radius 3 is 2.00 bits per heavy atom. The summed E-state index contributed by atoms with van der Waals surface area (Å²) < 4.78 is 0. The molecule has 2 atom stereocenters. The van der Waals surface area contributed by atoms with Gasteiger partial charge in [-0.05, 0) is 44.2 Å². The zero-order chi connectivity index (χ0) is 22.9. The van der Waals surface area contributed by atoms with Gasteiger partial charge in [-0.25, -0.2) is 4.79 Å². The van der Waals surface area contributed by atoms with Crippen LogP contribution < -0.4 is 10.6 Å². The first kappa shape index (κ1) is 24.9. The van der Waals surface area contributed by atoms with Gasteiger partial charge >= 0.3 is 6.03 Å². The lowest BCUT2D eigenvalue weighted by Gasteiger charge is -2.33. The molecule has 0 aliphatic rings. The molecule has 0 aromatic heterocycles. The molecule has 2 aromatic carbocycles. The van der Waals surface area contributed by atoms with Gasteiger partial charge in [0.15, 0.2) is 0 Å². The van der Waals surface area contributed by atoms with Crippen molar-refractivity contribution < 1.29 is 9.90 Å². The maximum absolute atomic E-state index is 12.9. The number of carbonyl (C=O) groups excluding carboxylic acids is 1. The number of benzene rings is 2. The van der Waals surface area contributed by atoms with Crippen molar-refractivity contribution in [3.63, 3.8) is 0 Å². The molecular weight excluding hydrogens is 386 g/mol. The van der Waals surface area contributed by atoms with E-state index in [4.69, 9.17) is 0 Å². The van der Waals surface area contributed by atoms with E-state index in [0.29, 0.717) is 25.4 Å². The number of amides is 2. The van der Waals surface area contributed by atoms with Gasteiger partial charge in [0, 0.05) is 31.2 Å². The van der Waals surface area contributed by atoms with E-state index < -0.39 is 6.10 Å². The number of hydrogen-bond acceptors (Lipinski definition) is 3. The minimum atomic E-state index is -0.701. The third-order valence-corrected chi connectivity index (χ3v) is 4.94. The molecule has 0 fully saturated rings. The van der Waals surface area contributed by atoms with E-state index in [0.717, 1.165) is 11.1 Å². The van der Waals surface area contributed by atoms with Crippen molar-refractivity contribution in [2.75, 3.05) is 13.1 Å². The largest absolute Gasteiger partial charge is 0.390 e. The van der Waals surface area contributed by atoms with Crippen LogP contribution in [0.4, 0.5) is 4.79 Å². The Kier molecular flexibility index (Phi) is 9.53. The maximum Gasteiger partial charge on any atom is 0.317 e. The summed E-state index contributed by atoms with van der Waals surface area (Å²) in [5, 5.41) is 17.7. The number of hydrogen-bond donors (Lipinski definition) is 3. The van der Waals surface area contributed by atoms with E-state index in [-0.39, 0.29) is 24.2 Å². The van der Waals surface area contributed by atoms with Crippen LogP contribution in [0.25, 0.3) is 0 Å². The summed E-state index contributed by atoms with van der Waals surface area (Å²) >= 11 is 0. The van der Waals surface area contributed by atoms with Crippen molar-refractivity contribution >= 4 is 6.03 Å². The van der Waals surface area contributed by atoms with Crippen molar-refractivity contribution in [2.24, 2.45) is 5.92 Å². The summed E-state index contributed by atoms with van der Waals surface area (Å²) in [5.41, 5.74) is 1.99. The minimum Gasteiger partial charge on any atom is -0.390 e. The van der Waals surface area contributed by atoms with Gasteiger partial charge in [0.25, 0.3) is 0 Å². The van der Waals surface area contributed by atoms with Gasteiger partial charge in [-0.15, -0.1) is 0 Å². The standard InChI is InChI=1S/C26H39N3O2/c1-20(2)18-29(25(31)28-26(3,4)5)19-24(30)23(16-21-12-8-6-9-13-21)27-17-22-14-10-7-11-15-22/h6-15,20,23-24,27,30H,16-19H2,1-5H3,(H,28,31)/t23?,24-/m1/s1. The van der Waals surface area contributed by atoms with Crippen LogP contribution in [-0.2, 0) is 13.0 Å². The Balaban J connectivity index is 2.13. The van der Waals surface area contributed by atoms with E-state index >= 15 is 0 Å². The van der Waals surface area contributed by atoms with Gasteiger partial charge in [-0.2, -0.15) is 0 Å². The van der Waals surface area contributed by atoms with E-state index in [1.54, 1.807) is 4.90 Å². The zero-order valence-electron chi connectivity index (χ0n) is 19.6. The Morgan fingerprint density at radius 1 is 0.935 bits per heavy atom. The van der Waals surface area contributed by atoms with Crippen LogP contribution in [0, 0.1) is 5.92 Å². The molecule has 5 heteroatoms. The lowest BCUT2D eigenvalue weighted by Crippen LogP contribution is -2.54. The summed E-state index contributed by atoms with van der Waals surface area (Å²) in [6.07, 6.45) is -0.0148. The zero-order valence-corrected chi connectivity index (χ0v) is 19.6. The summed E-state index contributed by atoms with van der Waals surface area (Å²) in [6.45, 7) is 11.6. The number of urea groups is 1. The highest BCUT2D eigenvalue weighted by molar-refractivity contribution is 5.75. The highest BCUT2D eigenvalue weighted by atomic mass is 16.3. The van der Waals surface area contributed by atoms with Gasteiger partial charge < -0.3 is 20.6 Å². The number of aliphatic hydroxyl groups is 1. The van der Waals surface area contributed by atoms with Crippen LogP contribution in [-0.4, -0.2) is 46.8 Å². The van der Waals surface area contributed by atoms with Crippen molar-refractivity contribution in [2.45, 2.75) is 65.3 Å². The molecule has 3 N–H and O–H groups in total. The van der Waals surface area contributed by atoms with E-state index in [2.05, 4.69) is 48.7 Å². The second kappa shape index (κ2) is 11.9. The molecule has 0 aliphatic carbocycles. The highest BCUT2D eigenvalue weighted by Gasteiger charge is 2.27. The maximum atomic E-state index is 12.9. The van der Waals surface area contributed by atoms with Gasteiger partial charge in [0.1, 0.15) is 0 Å². The number of nitrogens with zero attached hydrogens (tertiary/aromatic N) is 1. The van der Waals surface area contributed by atoms with Crippen molar-refractivity contribution in [1.82, 2.24) is 15.5 Å². The first-order chi connectivity index (χ1) is 14.6. The van der Waals surface area contributed by atoms with Gasteiger partial charge in [-0.1, -0.05) is 74.5 Å². The first-order valence-corrected chi connectivity index (χ1v) is 11.2. The molecule has 0 radical (unpaired) electrons. The number of rotatable bonds is 10. The molecule has 0 saturated carbocycles. The summed E-state index contributed by atoms with van der Waals surface area (Å²) in [7, 11) is 0. The summed E-state index contributed by atoms with van der Waals surface area (Å²) in [5.74, 6) is 0.308. The molecule has 0 aliphatic heterocycles. The highest BCUT2D eigenvalue weighted by Crippen LogP contribution is 2.12. The molecule has 0 heterocycles. The van der Waals surface area contributed by atoms with Crippen molar-refractivity contribution in [3.8, 4) is 0 Å². The normalized spacial score (nSPS) is 13.6. The summed E-state index contributed by atoms with van der Waals surface area (Å²) in [6, 6.07) is 20.0. The Bertz CT molecular complexity index is 772. The van der Waals surface area contributed by atoms with Crippen LogP contribution in [0.3, 0.4) is 0 Å². The molecule has 31 heavy (non-hydrogen) atoms. The van der Waals surface area contributed by atoms with Crippen LogP contribution >= 0.6 is 0 Å². The van der Waals surface area contributed by atoms with E-state index in [1.807, 2.05) is 57.2 Å². The quantitative estimate of drug-likeness (QED) is 0.534. The minimum absolute atomic E-state index is 0.137. The second-order valence-corrected chi connectivity index (χ2v) is 9.71. The number of carbonyl (C=O) groups is 1. The predicted molar refractivity (Wildman–Crippen MR) is 128 cm³/mol. The molecule has 0 spiro atoms. The fraction of sp³-hybridized carbons (Fsp3) is 0.500. The molecule has 2 rings (SSSR count). The average Bonchev–Trinajstić information content (AvgIpc) is 2.70. The lowest BCUT2D eigenvalue weighted by molar-refractivity contribution is 0.0823. The van der Waals surface area contributed by atoms with Crippen molar-refractivity contribution in [3.05, 3.63) is 71.8 Å². The van der Waals surface area contributed by atoms with Crippen LogP contribution in [0.1, 0.15) is 45.7 Å². The van der Waals surface area contributed by atoms with Crippen LogP contribution in [0.2, 0.25) is 0 Å². The summed E-state index contributed by atoms with van der Waals surface area (Å²) in [4.78, 5) is 14.6. The fourth-order valence-electron chi connectivity index (χ4n) is 3.49. The number of aliphatic hydroxyl groups excluding tert-OH is 1. The van der Waals surface area contributed by atoms with Gasteiger partial charge in [-0.3, -0.25) is 0 Å². The molecule has 2 amide bonds. The molecule has 0 bridgehead atoms. The monoisotopic (exact) mass is 425 g/mol. The Labute approximate surface area is 187 Å². The predicted octanol–water partition coefficient (Wildman–Crippen LogP) is 4.21. The molecular formula is C26H39N3O2. The Morgan fingerprint density at radius 2 is 1.48 bits per heavy atom. The van der Waals surface area contributed by atoms with Gasteiger partial charge in [0.2, 0.25) is 0 Å². The molecule has 5 nitrogen and oxygen atoms in total. The van der Waals surface area contributed by atoms with Crippen LogP contribution in [0.5, 0.6) is 0 Å². The fourth-order valence-corrected chi connectivity index (χ4v) is 3.49.